The van der Waals surface area contributed by atoms with Gasteiger partial charge in [-0.1, -0.05) is 0 Å². The van der Waals surface area contributed by atoms with Gasteiger partial charge in [0, 0.05) is 0 Å². The number of hydrogen-bond donors (Lipinski definition) is 0. The van der Waals surface area contributed by atoms with Gasteiger partial charge >= 0.3 is 36.8 Å². The molecule has 0 heterocycles. The zero-order valence-electron chi connectivity index (χ0n) is 1.46. The maximum Gasteiger partial charge on any atom is -0.813 e. The molecule has 0 spiro atoms. The second-order valence-electron chi connectivity index (χ2n) is 0. The van der Waals surface area contributed by atoms with E-state index >= 15 is 0 Å². The van der Waals surface area contributed by atoms with Crippen LogP contribution in [-0.2, 0) is 50.3 Å². The third kappa shape index (κ3) is 10.8. The Morgan fingerprint density at radius 2 is 1.25 bits per heavy atom. The van der Waals surface area contributed by atoms with E-state index in [-0.39, 0.29) is 30.6 Å². The molecule has 0 amide bonds. The Bertz CT molecular complexity index is 6.00. The maximum absolute atomic E-state index is 7.81. The van der Waals surface area contributed by atoms with Crippen LogP contribution >= 0.6 is 0 Å². The largest absolute Gasteiger partial charge is 0.813 e. The second kappa shape index (κ2) is 30.1. The molecule has 0 aromatic heterocycles. The van der Waals surface area contributed by atoms with Crippen LogP contribution in [0.25, 0.3) is 0 Å². The van der Waals surface area contributed by atoms with Crippen molar-refractivity contribution in [3.63, 3.8) is 0 Å². The summed E-state index contributed by atoms with van der Waals surface area (Å²) < 4.78 is 7.81. The number of hydrogen-bond acceptors (Lipinski definition) is 2. The van der Waals surface area contributed by atoms with Crippen molar-refractivity contribution in [2.24, 2.45) is 0 Å². The summed E-state index contributed by atoms with van der Waals surface area (Å²) in [6.45, 7) is 0. The van der Waals surface area contributed by atoms with Gasteiger partial charge in [-0.3, -0.25) is 0 Å². The van der Waals surface area contributed by atoms with Crippen LogP contribution in [0.5, 0.6) is 0 Å². The molecule has 4 heavy (non-hydrogen) atoms. The molecule has 0 aromatic rings. The molecule has 0 fully saturated rings. The van der Waals surface area contributed by atoms with Crippen LogP contribution in [0, 0.1) is 0 Å². The summed E-state index contributed by atoms with van der Waals surface area (Å²) in [7, 11) is 0. The molecular formula is HCu2OS. The summed E-state index contributed by atoms with van der Waals surface area (Å²) in [6, 6.07) is 0. The van der Waals surface area contributed by atoms with Crippen molar-refractivity contribution in [1.29, 1.82) is 0 Å². The molecule has 0 saturated heterocycles. The van der Waals surface area contributed by atoms with E-state index in [0.29, 0.717) is 0 Å². The van der Waals surface area contributed by atoms with Gasteiger partial charge in [0.2, 0.25) is 0 Å². The van der Waals surface area contributed by atoms with Gasteiger partial charge in [0.25, 0.3) is 0 Å². The summed E-state index contributed by atoms with van der Waals surface area (Å²) in [6.07, 6.45) is 0. The van der Waals surface area contributed by atoms with Gasteiger partial charge in [-0.2, -0.15) is 0 Å². The van der Waals surface area contributed by atoms with E-state index in [9.17, 15) is 0 Å². The first-order valence-corrected chi connectivity index (χ1v) is 0.508. The first kappa shape index (κ1) is 19.0. The minimum atomic E-state index is 0. The molecule has 0 atom stereocenters. The van der Waals surface area contributed by atoms with Gasteiger partial charge in [0.05, 0.1) is 0 Å². The average Bonchev–Trinajstić information content (AvgIpc) is 1.00. The van der Waals surface area contributed by atoms with E-state index in [0.717, 1.165) is 0 Å². The van der Waals surface area contributed by atoms with Gasteiger partial charge in [0.15, 0.2) is 0 Å². The van der Waals surface area contributed by atoms with Crippen molar-refractivity contribution >= 4 is 13.5 Å². The molecule has 0 aliphatic rings. The van der Waals surface area contributed by atoms with Crippen molar-refractivity contribution < 1.29 is 36.8 Å². The van der Waals surface area contributed by atoms with E-state index in [4.69, 9.17) is 3.83 Å². The molecule has 1 nitrogen and oxygen atoms in total. The topological polar surface area (TPSA) is 17.1 Å². The predicted molar refractivity (Wildman–Crippen MR) is 9.45 cm³/mol. The summed E-state index contributed by atoms with van der Waals surface area (Å²) >= 11 is 2.94. The number of rotatable bonds is 0. The molecule has 0 rings (SSSR count). The molecule has 0 aliphatic heterocycles. The Morgan fingerprint density at radius 1 is 1.25 bits per heavy atom. The SMILES string of the molecule is [Cu+].[O]=[Cu].[SH-]. The van der Waals surface area contributed by atoms with Crippen LogP contribution in [-0.4, -0.2) is 0 Å². The van der Waals surface area contributed by atoms with E-state index in [1.165, 1.54) is 0 Å². The van der Waals surface area contributed by atoms with Crippen molar-refractivity contribution in [3.05, 3.63) is 0 Å². The Balaban J connectivity index is -0.00000000500. The molecule has 0 N–H and O–H groups in total. The Hall–Kier alpha value is 1.19. The van der Waals surface area contributed by atoms with E-state index in [2.05, 4.69) is 15.9 Å². The molecule has 4 heteroatoms. The molecule has 0 radical (unpaired) electrons. The normalized spacial score (nSPS) is 1.50. The van der Waals surface area contributed by atoms with Crippen molar-refractivity contribution in [1.82, 2.24) is 0 Å². The summed E-state index contributed by atoms with van der Waals surface area (Å²) in [5.41, 5.74) is 0. The quantitative estimate of drug-likeness (QED) is 0.284. The van der Waals surface area contributed by atoms with Gasteiger partial charge < -0.3 is 13.5 Å². The minimum absolute atomic E-state index is 0. The third-order valence-electron chi connectivity index (χ3n) is 0. The molecule has 35 valence electrons. The molecule has 0 aliphatic carbocycles. The fourth-order valence-electron chi connectivity index (χ4n) is 0. The van der Waals surface area contributed by atoms with Crippen molar-refractivity contribution in [3.8, 4) is 0 Å². The first-order chi connectivity index (χ1) is 1.00. The van der Waals surface area contributed by atoms with E-state index in [1.807, 2.05) is 0 Å². The predicted octanol–water partition coefficient (Wildman–Crippen LogP) is -0.394. The molecule has 0 bridgehead atoms. The van der Waals surface area contributed by atoms with Gasteiger partial charge in [0.1, 0.15) is 0 Å². The Kier molecular flexibility index (Phi) is 143. The van der Waals surface area contributed by atoms with Gasteiger partial charge in [-0.15, -0.1) is 0 Å². The molecular weight excluding hydrogens is 175 g/mol. The molecule has 0 aromatic carbocycles. The fourth-order valence-corrected chi connectivity index (χ4v) is 0. The van der Waals surface area contributed by atoms with Crippen LogP contribution in [0.3, 0.4) is 0 Å². The van der Waals surface area contributed by atoms with Gasteiger partial charge in [-0.25, -0.2) is 0 Å². The summed E-state index contributed by atoms with van der Waals surface area (Å²) in [5.74, 6) is 0. The van der Waals surface area contributed by atoms with Crippen LogP contribution in [0.2, 0.25) is 0 Å². The standard InChI is InChI=1S/2Cu.O.H2S/h;;;1H2/q;+1;;/p-1. The first-order valence-electron chi connectivity index (χ1n) is 0.123. The third-order valence-corrected chi connectivity index (χ3v) is 0. The summed E-state index contributed by atoms with van der Waals surface area (Å²) in [5, 5.41) is 0. The van der Waals surface area contributed by atoms with Crippen molar-refractivity contribution in [2.75, 3.05) is 0 Å². The summed E-state index contributed by atoms with van der Waals surface area (Å²) in [4.78, 5) is 0. The Morgan fingerprint density at radius 3 is 1.25 bits per heavy atom. The fraction of sp³-hybridized carbons (Fsp3) is 0. The minimum Gasteiger partial charge on any atom is -0.813 e. The van der Waals surface area contributed by atoms with Gasteiger partial charge in [-0.05, 0) is 0 Å². The zero-order chi connectivity index (χ0) is 2.00. The zero-order valence-corrected chi connectivity index (χ0v) is 4.24. The average molecular weight is 176 g/mol. The smallest absolute Gasteiger partial charge is 0.813 e. The van der Waals surface area contributed by atoms with Crippen LogP contribution < -0.4 is 0 Å². The van der Waals surface area contributed by atoms with Crippen molar-refractivity contribution in [2.45, 2.75) is 0 Å². The van der Waals surface area contributed by atoms with E-state index < -0.39 is 0 Å². The van der Waals surface area contributed by atoms with Crippen LogP contribution in [0.4, 0.5) is 0 Å². The van der Waals surface area contributed by atoms with Crippen LogP contribution in [0.1, 0.15) is 0 Å². The Labute approximate surface area is 50.5 Å². The molecule has 0 unspecified atom stereocenters. The molecule has 0 saturated carbocycles. The maximum atomic E-state index is 7.81. The van der Waals surface area contributed by atoms with E-state index in [1.54, 1.807) is 0 Å². The van der Waals surface area contributed by atoms with Crippen LogP contribution in [0.15, 0.2) is 0 Å². The second-order valence-corrected chi connectivity index (χ2v) is 0. The monoisotopic (exact) mass is 175 g/mol. The number of thiol groups is 1.